The van der Waals surface area contributed by atoms with Gasteiger partial charge in [-0.25, -0.2) is 19.0 Å². The van der Waals surface area contributed by atoms with Crippen LogP contribution < -0.4 is 10.2 Å². The highest BCUT2D eigenvalue weighted by Gasteiger charge is 2.39. The third-order valence-electron chi connectivity index (χ3n) is 8.88. The van der Waals surface area contributed by atoms with Crippen LogP contribution in [0.4, 0.5) is 25.5 Å². The number of carbonyl (C=O) groups excluding carboxylic acids is 1. The molecule has 44 heavy (non-hydrogen) atoms. The maximum absolute atomic E-state index is 15.8. The number of hydrogen-bond donors (Lipinski definition) is 2. The monoisotopic (exact) mass is 644 g/mol. The first-order valence-electron chi connectivity index (χ1n) is 14.6. The Labute approximate surface area is 262 Å². The average Bonchev–Trinajstić information content (AvgIpc) is 3.46. The van der Waals surface area contributed by atoms with Gasteiger partial charge in [-0.15, -0.1) is 0 Å². The van der Waals surface area contributed by atoms with Gasteiger partial charge in [0.15, 0.2) is 8.32 Å². The number of carbonyl (C=O) groups is 2. The number of nitrogens with zero attached hydrogens (tertiary/aromatic N) is 3. The van der Waals surface area contributed by atoms with Crippen molar-refractivity contribution in [3.05, 3.63) is 46.6 Å². The van der Waals surface area contributed by atoms with Gasteiger partial charge >= 0.3 is 12.2 Å². The number of pyridine rings is 2. The molecule has 2 aliphatic rings. The summed E-state index contributed by atoms with van der Waals surface area (Å²) in [5.41, 5.74) is 2.22. The van der Waals surface area contributed by atoms with Crippen LogP contribution in [0, 0.1) is 18.7 Å². The molecule has 2 N–H and O–H groups in total. The van der Waals surface area contributed by atoms with Crippen LogP contribution in [-0.2, 0) is 20.3 Å². The third-order valence-corrected chi connectivity index (χ3v) is 13.7. The molecular formula is C31H38ClFN4O6Si. The Morgan fingerprint density at radius 2 is 1.98 bits per heavy atom. The Hall–Kier alpha value is -3.32. The van der Waals surface area contributed by atoms with Crippen LogP contribution in [0.5, 0.6) is 0 Å². The van der Waals surface area contributed by atoms with E-state index >= 15 is 4.39 Å². The van der Waals surface area contributed by atoms with Crippen molar-refractivity contribution in [1.29, 1.82) is 0 Å². The molecule has 2 aliphatic heterocycles. The van der Waals surface area contributed by atoms with Crippen molar-refractivity contribution in [1.82, 2.24) is 9.97 Å². The second-order valence-corrected chi connectivity index (χ2v) is 18.2. The van der Waals surface area contributed by atoms with E-state index in [4.69, 9.17) is 25.5 Å². The van der Waals surface area contributed by atoms with E-state index in [0.29, 0.717) is 65.9 Å². The van der Waals surface area contributed by atoms with Crippen molar-refractivity contribution in [2.45, 2.75) is 64.8 Å². The Balaban J connectivity index is 1.45. The van der Waals surface area contributed by atoms with E-state index < -0.39 is 26.3 Å². The zero-order valence-corrected chi connectivity index (χ0v) is 27.5. The fourth-order valence-electron chi connectivity index (χ4n) is 5.32. The number of ether oxygens (including phenoxy) is 2. The molecule has 13 heteroatoms. The number of rotatable bonds is 6. The molecule has 2 atom stereocenters. The van der Waals surface area contributed by atoms with Crippen molar-refractivity contribution in [3.63, 3.8) is 0 Å². The Kier molecular flexibility index (Phi) is 8.91. The molecule has 2 amide bonds. The third kappa shape index (κ3) is 6.39. The van der Waals surface area contributed by atoms with Gasteiger partial charge in [0.1, 0.15) is 17.7 Å². The van der Waals surface area contributed by atoms with Gasteiger partial charge in [-0.1, -0.05) is 32.4 Å². The van der Waals surface area contributed by atoms with Gasteiger partial charge in [0.2, 0.25) is 0 Å². The summed E-state index contributed by atoms with van der Waals surface area (Å²) in [6.45, 7) is 14.2. The second kappa shape index (κ2) is 12.2. The zero-order chi connectivity index (χ0) is 32.0. The minimum Gasteiger partial charge on any atom is -0.465 e. The SMILES string of the molecule is Cc1c(-c2cc3cc(NC(=O)O[C@@H]4CCOC4)ncc3c(Cl)c2F)cnc2c1N(C(=O)O)CC(CO[Si](C)(C)C(C)(C)C)C2. The molecule has 10 nitrogen and oxygen atoms in total. The number of carboxylic acid groups (broad SMARTS) is 1. The Bertz CT molecular complexity index is 1610. The predicted molar refractivity (Wildman–Crippen MR) is 170 cm³/mol. The van der Waals surface area contributed by atoms with E-state index in [1.807, 2.05) is 0 Å². The number of benzene rings is 1. The zero-order valence-electron chi connectivity index (χ0n) is 25.8. The summed E-state index contributed by atoms with van der Waals surface area (Å²) < 4.78 is 32.8. The first-order valence-corrected chi connectivity index (χ1v) is 17.9. The number of amides is 2. The summed E-state index contributed by atoms with van der Waals surface area (Å²) in [5.74, 6) is -0.535. The molecule has 1 fully saturated rings. The van der Waals surface area contributed by atoms with Gasteiger partial charge in [0, 0.05) is 54.4 Å². The minimum absolute atomic E-state index is 0.0298. The largest absolute Gasteiger partial charge is 0.465 e. The van der Waals surface area contributed by atoms with Gasteiger partial charge < -0.3 is 19.0 Å². The number of aromatic nitrogens is 2. The maximum Gasteiger partial charge on any atom is 0.413 e. The summed E-state index contributed by atoms with van der Waals surface area (Å²) in [5, 5.41) is 13.6. The number of nitrogens with one attached hydrogen (secondary N) is 1. The van der Waals surface area contributed by atoms with E-state index in [0.717, 1.165) is 0 Å². The lowest BCUT2D eigenvalue weighted by Crippen LogP contribution is -2.46. The van der Waals surface area contributed by atoms with Crippen molar-refractivity contribution in [2.24, 2.45) is 5.92 Å². The Morgan fingerprint density at radius 1 is 1.23 bits per heavy atom. The molecule has 0 saturated carbocycles. The van der Waals surface area contributed by atoms with Crippen molar-refractivity contribution in [2.75, 3.05) is 36.6 Å². The highest BCUT2D eigenvalue weighted by atomic mass is 35.5. The average molecular weight is 645 g/mol. The molecule has 4 heterocycles. The van der Waals surface area contributed by atoms with E-state index in [2.05, 4.69) is 49.1 Å². The van der Waals surface area contributed by atoms with Gasteiger partial charge in [-0.3, -0.25) is 15.2 Å². The smallest absolute Gasteiger partial charge is 0.413 e. The summed E-state index contributed by atoms with van der Waals surface area (Å²) in [6.07, 6.45) is 2.00. The molecule has 3 aromatic rings. The van der Waals surface area contributed by atoms with Gasteiger partial charge in [-0.2, -0.15) is 0 Å². The van der Waals surface area contributed by atoms with Gasteiger partial charge in [-0.05, 0) is 54.6 Å². The van der Waals surface area contributed by atoms with E-state index in [-0.39, 0.29) is 40.0 Å². The molecule has 1 unspecified atom stereocenters. The quantitative estimate of drug-likeness (QED) is 0.266. The molecule has 1 aromatic carbocycles. The fourth-order valence-corrected chi connectivity index (χ4v) is 6.67. The van der Waals surface area contributed by atoms with Crippen molar-refractivity contribution < 1.29 is 33.0 Å². The molecule has 0 radical (unpaired) electrons. The first-order chi connectivity index (χ1) is 20.7. The molecule has 5 rings (SSSR count). The van der Waals surface area contributed by atoms with Crippen LogP contribution >= 0.6 is 11.6 Å². The van der Waals surface area contributed by atoms with Crippen LogP contribution in [-0.4, -0.2) is 68.0 Å². The van der Waals surface area contributed by atoms with E-state index in [1.165, 1.54) is 11.1 Å². The van der Waals surface area contributed by atoms with Crippen LogP contribution in [0.15, 0.2) is 24.5 Å². The lowest BCUT2D eigenvalue weighted by Gasteiger charge is -2.39. The fraction of sp³-hybridized carbons (Fsp3) is 0.484. The minimum atomic E-state index is -2.03. The van der Waals surface area contributed by atoms with E-state index in [9.17, 15) is 14.7 Å². The highest BCUT2D eigenvalue weighted by Crippen LogP contribution is 2.42. The predicted octanol–water partition coefficient (Wildman–Crippen LogP) is 7.41. The van der Waals surface area contributed by atoms with Crippen molar-refractivity contribution >= 4 is 54.4 Å². The van der Waals surface area contributed by atoms with Crippen LogP contribution in [0.3, 0.4) is 0 Å². The van der Waals surface area contributed by atoms with Gasteiger partial charge in [0.05, 0.1) is 29.6 Å². The maximum atomic E-state index is 15.8. The highest BCUT2D eigenvalue weighted by molar-refractivity contribution is 6.74. The topological polar surface area (TPSA) is 123 Å². The second-order valence-electron chi connectivity index (χ2n) is 13.0. The lowest BCUT2D eigenvalue weighted by atomic mass is 9.91. The molecule has 0 spiro atoms. The normalized spacial score (nSPS) is 18.8. The number of halogens is 2. The van der Waals surface area contributed by atoms with Gasteiger partial charge in [0.25, 0.3) is 0 Å². The molecule has 0 bridgehead atoms. The number of hydrogen-bond acceptors (Lipinski definition) is 7. The summed E-state index contributed by atoms with van der Waals surface area (Å²) in [7, 11) is -2.03. The molecule has 2 aromatic heterocycles. The summed E-state index contributed by atoms with van der Waals surface area (Å²) in [6, 6.07) is 3.17. The van der Waals surface area contributed by atoms with Crippen LogP contribution in [0.25, 0.3) is 21.9 Å². The summed E-state index contributed by atoms with van der Waals surface area (Å²) >= 11 is 6.47. The first kappa shape index (κ1) is 32.1. The lowest BCUT2D eigenvalue weighted by molar-refractivity contribution is 0.0931. The molecule has 236 valence electrons. The standard InChI is InChI=1S/C31H38ClFN4O6Si/c1-17-22(12-34-24-9-18(14-37(28(17)24)30(39)40)15-42-44(5,6)31(2,3)4)21-10-19-11-25(35-13-23(19)26(32)27(21)33)36-29(38)43-20-7-8-41-16-20/h10-13,18,20H,7-9,14-16H2,1-6H3,(H,39,40)(H,35,36,38)/t18?,20-/m1/s1. The molecular weight excluding hydrogens is 607 g/mol. The number of fused-ring (bicyclic) bond motifs is 2. The van der Waals surface area contributed by atoms with Crippen molar-refractivity contribution in [3.8, 4) is 11.1 Å². The van der Waals surface area contributed by atoms with Crippen LogP contribution in [0.1, 0.15) is 38.4 Å². The van der Waals surface area contributed by atoms with E-state index in [1.54, 1.807) is 25.3 Å². The molecule has 1 saturated heterocycles. The number of anilines is 2. The molecule has 0 aliphatic carbocycles. The summed E-state index contributed by atoms with van der Waals surface area (Å²) in [4.78, 5) is 34.9. The van der Waals surface area contributed by atoms with Crippen LogP contribution in [0.2, 0.25) is 23.2 Å². The Morgan fingerprint density at radius 3 is 2.64 bits per heavy atom.